The average Bonchev–Trinajstić information content (AvgIpc) is 2.73. The predicted molar refractivity (Wildman–Crippen MR) is 114 cm³/mol. The molecule has 8 heteroatoms. The number of aryl methyl sites for hydroxylation is 1. The molecule has 0 aliphatic carbocycles. The summed E-state index contributed by atoms with van der Waals surface area (Å²) in [6, 6.07) is 13.6. The molecule has 0 spiro atoms. The summed E-state index contributed by atoms with van der Waals surface area (Å²) in [5.74, 6) is 0.641. The van der Waals surface area contributed by atoms with E-state index in [1.54, 1.807) is 55.6 Å². The van der Waals surface area contributed by atoms with Crippen LogP contribution >= 0.6 is 0 Å². The van der Waals surface area contributed by atoms with Crippen LogP contribution in [0, 0.1) is 6.92 Å². The maximum atomic E-state index is 13.4. The van der Waals surface area contributed by atoms with Gasteiger partial charge in [-0.15, -0.1) is 0 Å². The van der Waals surface area contributed by atoms with Crippen molar-refractivity contribution in [1.82, 2.24) is 10.2 Å². The summed E-state index contributed by atoms with van der Waals surface area (Å²) in [5, 5.41) is 14.0. The molecule has 158 valence electrons. The van der Waals surface area contributed by atoms with E-state index in [1.807, 2.05) is 6.92 Å². The maximum absolute atomic E-state index is 13.4. The van der Waals surface area contributed by atoms with Gasteiger partial charge in [-0.2, -0.15) is 0 Å². The van der Waals surface area contributed by atoms with Crippen LogP contribution in [-0.2, 0) is 10.0 Å². The summed E-state index contributed by atoms with van der Waals surface area (Å²) in [6.07, 6.45) is -0.810. The summed E-state index contributed by atoms with van der Waals surface area (Å²) in [4.78, 5) is 2.35. The van der Waals surface area contributed by atoms with Crippen LogP contribution in [0.25, 0.3) is 0 Å². The molecule has 1 fully saturated rings. The molecule has 1 aliphatic rings. The summed E-state index contributed by atoms with van der Waals surface area (Å²) in [6.45, 7) is 5.74. The first-order valence-corrected chi connectivity index (χ1v) is 11.2. The second-order valence-corrected chi connectivity index (χ2v) is 9.11. The molecule has 0 saturated carbocycles. The lowest BCUT2D eigenvalue weighted by Gasteiger charge is -2.32. The van der Waals surface area contributed by atoms with Crippen LogP contribution in [0.1, 0.15) is 5.56 Å². The third-order valence-corrected chi connectivity index (χ3v) is 6.83. The number of anilines is 1. The monoisotopic (exact) mass is 419 g/mol. The fourth-order valence-electron chi connectivity index (χ4n) is 3.37. The number of aliphatic hydroxyl groups excluding tert-OH is 1. The lowest BCUT2D eigenvalue weighted by Crippen LogP contribution is -2.49. The number of hydrogen-bond donors (Lipinski definition) is 2. The number of sulfonamides is 1. The van der Waals surface area contributed by atoms with Gasteiger partial charge < -0.3 is 15.2 Å². The Balaban J connectivity index is 1.86. The zero-order valence-electron chi connectivity index (χ0n) is 16.9. The first-order chi connectivity index (χ1) is 13.9. The number of nitrogens with zero attached hydrogens (tertiary/aromatic N) is 2. The number of hydrogen-bond acceptors (Lipinski definition) is 6. The first-order valence-electron chi connectivity index (χ1n) is 9.75. The van der Waals surface area contributed by atoms with Crippen molar-refractivity contribution in [2.45, 2.75) is 17.9 Å². The minimum atomic E-state index is -3.82. The van der Waals surface area contributed by atoms with E-state index in [-0.39, 0.29) is 11.4 Å². The molecule has 1 saturated heterocycles. The van der Waals surface area contributed by atoms with Gasteiger partial charge in [-0.3, -0.25) is 9.21 Å². The Bertz CT molecular complexity index is 879. The van der Waals surface area contributed by atoms with Crippen LogP contribution in [0.4, 0.5) is 5.69 Å². The lowest BCUT2D eigenvalue weighted by atomic mass is 10.2. The van der Waals surface area contributed by atoms with Crippen LogP contribution in [0.2, 0.25) is 0 Å². The van der Waals surface area contributed by atoms with E-state index in [1.165, 1.54) is 4.31 Å². The number of methoxy groups -OCH3 is 1. The molecule has 3 rings (SSSR count). The van der Waals surface area contributed by atoms with Crippen LogP contribution in [0.15, 0.2) is 53.4 Å². The van der Waals surface area contributed by atoms with Crippen LogP contribution < -0.4 is 14.4 Å². The van der Waals surface area contributed by atoms with Crippen LogP contribution in [0.5, 0.6) is 5.75 Å². The molecule has 7 nitrogen and oxygen atoms in total. The van der Waals surface area contributed by atoms with E-state index in [9.17, 15) is 13.5 Å². The van der Waals surface area contributed by atoms with Gasteiger partial charge in [0.15, 0.2) is 0 Å². The van der Waals surface area contributed by atoms with Gasteiger partial charge in [0.2, 0.25) is 0 Å². The van der Waals surface area contributed by atoms with Gasteiger partial charge in [-0.25, -0.2) is 8.42 Å². The third-order valence-electron chi connectivity index (χ3n) is 5.02. The van der Waals surface area contributed by atoms with Gasteiger partial charge >= 0.3 is 0 Å². The van der Waals surface area contributed by atoms with Gasteiger partial charge in [0.05, 0.1) is 30.3 Å². The second kappa shape index (κ2) is 9.58. The highest BCUT2D eigenvalue weighted by molar-refractivity contribution is 7.92. The molecule has 2 aromatic carbocycles. The number of aliphatic hydroxyl groups is 1. The topological polar surface area (TPSA) is 82.1 Å². The first kappa shape index (κ1) is 21.6. The van der Waals surface area contributed by atoms with Crippen LogP contribution in [-0.4, -0.2) is 70.9 Å². The molecule has 0 amide bonds. The molecule has 0 aromatic heterocycles. The van der Waals surface area contributed by atoms with Crippen molar-refractivity contribution in [1.29, 1.82) is 0 Å². The maximum Gasteiger partial charge on any atom is 0.264 e. The van der Waals surface area contributed by atoms with Crippen molar-refractivity contribution in [3.8, 4) is 5.75 Å². The van der Waals surface area contributed by atoms with Crippen molar-refractivity contribution in [3.05, 3.63) is 54.1 Å². The summed E-state index contributed by atoms with van der Waals surface area (Å²) >= 11 is 0. The highest BCUT2D eigenvalue weighted by Crippen LogP contribution is 2.26. The number of nitrogens with one attached hydrogen (secondary N) is 1. The largest absolute Gasteiger partial charge is 0.497 e. The SMILES string of the molecule is COc1ccc(N(CC(O)CN2CCNCC2)S(=O)(=O)c2ccc(C)cc2)cc1. The Morgan fingerprint density at radius 2 is 1.72 bits per heavy atom. The third kappa shape index (κ3) is 5.48. The van der Waals surface area contributed by atoms with E-state index in [0.717, 1.165) is 31.7 Å². The van der Waals surface area contributed by atoms with Gasteiger partial charge in [-0.05, 0) is 43.3 Å². The Hall–Kier alpha value is -2.13. The Morgan fingerprint density at radius 1 is 1.10 bits per heavy atom. The fraction of sp³-hybridized carbons (Fsp3) is 0.429. The van der Waals surface area contributed by atoms with Crippen molar-refractivity contribution in [2.24, 2.45) is 0 Å². The van der Waals surface area contributed by atoms with E-state index in [0.29, 0.717) is 18.0 Å². The summed E-state index contributed by atoms with van der Waals surface area (Å²) < 4.78 is 33.2. The van der Waals surface area contributed by atoms with Gasteiger partial charge in [0.1, 0.15) is 5.75 Å². The van der Waals surface area contributed by atoms with E-state index in [4.69, 9.17) is 4.74 Å². The Kier molecular flexibility index (Phi) is 7.13. The Labute approximate surface area is 173 Å². The van der Waals surface area contributed by atoms with E-state index < -0.39 is 16.1 Å². The van der Waals surface area contributed by atoms with Crippen molar-refractivity contribution < 1.29 is 18.3 Å². The molecule has 1 atom stereocenters. The number of rotatable bonds is 8. The van der Waals surface area contributed by atoms with Crippen LogP contribution in [0.3, 0.4) is 0 Å². The number of piperazine rings is 1. The average molecular weight is 420 g/mol. The van der Waals surface area contributed by atoms with Gasteiger partial charge in [0.25, 0.3) is 10.0 Å². The van der Waals surface area contributed by atoms with Gasteiger partial charge in [0, 0.05) is 32.7 Å². The van der Waals surface area contributed by atoms with E-state index >= 15 is 0 Å². The highest BCUT2D eigenvalue weighted by atomic mass is 32.2. The molecular weight excluding hydrogens is 390 g/mol. The normalized spacial score (nSPS) is 16.4. The predicted octanol–water partition coefficient (Wildman–Crippen LogP) is 1.47. The van der Waals surface area contributed by atoms with Gasteiger partial charge in [-0.1, -0.05) is 17.7 Å². The molecule has 1 unspecified atom stereocenters. The minimum absolute atomic E-state index is 0.0214. The zero-order valence-corrected chi connectivity index (χ0v) is 17.7. The Morgan fingerprint density at radius 3 is 2.31 bits per heavy atom. The number of benzene rings is 2. The summed E-state index contributed by atoms with van der Waals surface area (Å²) in [5.41, 5.74) is 1.48. The molecule has 1 aliphatic heterocycles. The molecular formula is C21H29N3O4S. The highest BCUT2D eigenvalue weighted by Gasteiger charge is 2.28. The molecule has 1 heterocycles. The van der Waals surface area contributed by atoms with Crippen molar-refractivity contribution in [2.75, 3.05) is 50.7 Å². The molecule has 0 radical (unpaired) electrons. The molecule has 0 bridgehead atoms. The molecule has 2 N–H and O–H groups in total. The lowest BCUT2D eigenvalue weighted by molar-refractivity contribution is 0.111. The van der Waals surface area contributed by atoms with Crippen molar-refractivity contribution in [3.63, 3.8) is 0 Å². The zero-order chi connectivity index (χ0) is 20.9. The molecule has 29 heavy (non-hydrogen) atoms. The second-order valence-electron chi connectivity index (χ2n) is 7.25. The number of β-amino-alcohol motifs (C(OH)–C–C–N with tert-alkyl or cyclic N) is 1. The van der Waals surface area contributed by atoms with Crippen molar-refractivity contribution >= 4 is 15.7 Å². The quantitative estimate of drug-likeness (QED) is 0.674. The standard InChI is InChI=1S/C21H29N3O4S/c1-17-3-9-21(10-4-17)29(26,27)24(18-5-7-20(28-2)8-6-18)16-19(25)15-23-13-11-22-12-14-23/h3-10,19,22,25H,11-16H2,1-2H3. The minimum Gasteiger partial charge on any atom is -0.497 e. The number of ether oxygens (including phenoxy) is 1. The molecule has 2 aromatic rings. The fourth-order valence-corrected chi connectivity index (χ4v) is 4.87. The summed E-state index contributed by atoms with van der Waals surface area (Å²) in [7, 11) is -2.26. The van der Waals surface area contributed by atoms with E-state index in [2.05, 4.69) is 10.2 Å². The smallest absolute Gasteiger partial charge is 0.264 e.